The minimum absolute atomic E-state index is 0.169. The molecule has 118 valence electrons. The molecule has 0 aliphatic heterocycles. The van der Waals surface area contributed by atoms with Crippen LogP contribution in [0.1, 0.15) is 15.4 Å². The van der Waals surface area contributed by atoms with Gasteiger partial charge in [-0.05, 0) is 25.1 Å². The van der Waals surface area contributed by atoms with Gasteiger partial charge in [0.25, 0.3) is 5.91 Å². The molecule has 1 aromatic heterocycles. The number of aryl methyl sites for hydroxylation is 1. The topological polar surface area (TPSA) is 92.3 Å². The Kier molecular flexibility index (Phi) is 4.54. The first kappa shape index (κ1) is 16.5. The summed E-state index contributed by atoms with van der Waals surface area (Å²) < 4.78 is 38.9. The fraction of sp³-hybridized carbons (Fsp3) is 0.250. The first-order valence-electron chi connectivity index (χ1n) is 6.05. The zero-order chi connectivity index (χ0) is 16.5. The van der Waals surface area contributed by atoms with E-state index in [2.05, 4.69) is 15.5 Å². The van der Waals surface area contributed by atoms with Gasteiger partial charge in [0.2, 0.25) is 15.2 Å². The fourth-order valence-electron chi connectivity index (χ4n) is 1.56. The second kappa shape index (κ2) is 6.07. The Labute approximate surface area is 130 Å². The van der Waals surface area contributed by atoms with Gasteiger partial charge in [0.15, 0.2) is 0 Å². The zero-order valence-electron chi connectivity index (χ0n) is 12.0. The Bertz CT molecular complexity index is 818. The lowest BCUT2D eigenvalue weighted by Crippen LogP contribution is -2.23. The molecule has 0 unspecified atom stereocenters. The number of anilines is 1. The van der Waals surface area contributed by atoms with Crippen molar-refractivity contribution < 1.29 is 17.6 Å². The molecule has 0 spiro atoms. The second-order valence-electron chi connectivity index (χ2n) is 4.51. The van der Waals surface area contributed by atoms with Crippen LogP contribution in [-0.4, -0.2) is 42.9 Å². The van der Waals surface area contributed by atoms with Crippen molar-refractivity contribution in [3.8, 4) is 0 Å². The number of hydrogen-bond acceptors (Lipinski definition) is 6. The summed E-state index contributed by atoms with van der Waals surface area (Å²) in [5, 5.41) is 10.7. The van der Waals surface area contributed by atoms with Crippen LogP contribution in [-0.2, 0) is 10.0 Å². The number of nitrogens with one attached hydrogen (secondary N) is 1. The number of rotatable bonds is 4. The molecule has 0 saturated heterocycles. The maximum absolute atomic E-state index is 13.8. The van der Waals surface area contributed by atoms with Gasteiger partial charge in [-0.3, -0.25) is 10.1 Å². The third-order valence-corrected chi connectivity index (χ3v) is 5.27. The Hall–Kier alpha value is -1.91. The lowest BCUT2D eigenvalue weighted by molar-refractivity contribution is 0.102. The minimum atomic E-state index is -3.76. The number of aromatic nitrogens is 2. The SMILES string of the molecule is Cc1nnc(NC(=O)c2cc(S(=O)(=O)N(C)C)ccc2F)s1. The predicted molar refractivity (Wildman–Crippen MR) is 79.9 cm³/mol. The number of hydrogen-bond donors (Lipinski definition) is 1. The Morgan fingerprint density at radius 3 is 2.55 bits per heavy atom. The van der Waals surface area contributed by atoms with E-state index in [-0.39, 0.29) is 15.6 Å². The standard InChI is InChI=1S/C12H13FN4O3S2/c1-7-15-16-12(21-7)14-11(18)9-6-8(4-5-10(9)13)22(19,20)17(2)3/h4-6H,1-3H3,(H,14,16,18). The Morgan fingerprint density at radius 2 is 2.00 bits per heavy atom. The maximum atomic E-state index is 13.8. The van der Waals surface area contributed by atoms with Crippen molar-refractivity contribution >= 4 is 32.4 Å². The average Bonchev–Trinajstić information content (AvgIpc) is 2.84. The van der Waals surface area contributed by atoms with E-state index < -0.39 is 21.7 Å². The van der Waals surface area contributed by atoms with E-state index in [9.17, 15) is 17.6 Å². The lowest BCUT2D eigenvalue weighted by atomic mass is 10.2. The molecule has 0 saturated carbocycles. The van der Waals surface area contributed by atoms with E-state index in [0.717, 1.165) is 33.8 Å². The summed E-state index contributed by atoms with van der Waals surface area (Å²) in [5.41, 5.74) is -0.379. The number of benzene rings is 1. The van der Waals surface area contributed by atoms with Gasteiger partial charge >= 0.3 is 0 Å². The van der Waals surface area contributed by atoms with Crippen LogP contribution in [0.25, 0.3) is 0 Å². The van der Waals surface area contributed by atoms with E-state index in [1.165, 1.54) is 14.1 Å². The molecule has 2 rings (SSSR count). The van der Waals surface area contributed by atoms with Crippen molar-refractivity contribution in [3.05, 3.63) is 34.6 Å². The molecule has 7 nitrogen and oxygen atoms in total. The first-order chi connectivity index (χ1) is 10.2. The quantitative estimate of drug-likeness (QED) is 0.907. The highest BCUT2D eigenvalue weighted by molar-refractivity contribution is 7.89. The monoisotopic (exact) mass is 344 g/mol. The highest BCUT2D eigenvalue weighted by atomic mass is 32.2. The first-order valence-corrected chi connectivity index (χ1v) is 8.31. The lowest BCUT2D eigenvalue weighted by Gasteiger charge is -2.12. The number of sulfonamides is 1. The normalized spacial score (nSPS) is 11.7. The zero-order valence-corrected chi connectivity index (χ0v) is 13.6. The Balaban J connectivity index is 2.36. The molecule has 1 amide bonds. The van der Waals surface area contributed by atoms with Gasteiger partial charge in [-0.15, -0.1) is 10.2 Å². The summed E-state index contributed by atoms with van der Waals surface area (Å²) in [5.74, 6) is -1.61. The number of amides is 1. The van der Waals surface area contributed by atoms with E-state index in [0.29, 0.717) is 5.01 Å². The third-order valence-electron chi connectivity index (χ3n) is 2.71. The summed E-state index contributed by atoms with van der Waals surface area (Å²) in [6.45, 7) is 1.71. The molecule has 10 heteroatoms. The minimum Gasteiger partial charge on any atom is -0.296 e. The summed E-state index contributed by atoms with van der Waals surface area (Å²) in [6.07, 6.45) is 0. The summed E-state index contributed by atoms with van der Waals surface area (Å²) in [4.78, 5) is 11.9. The van der Waals surface area contributed by atoms with Crippen molar-refractivity contribution in [1.29, 1.82) is 0 Å². The van der Waals surface area contributed by atoms with Gasteiger partial charge in [0, 0.05) is 14.1 Å². The smallest absolute Gasteiger partial charge is 0.260 e. The number of carbonyl (C=O) groups excluding carboxylic acids is 1. The molecule has 0 fully saturated rings. The Morgan fingerprint density at radius 1 is 1.32 bits per heavy atom. The number of halogens is 1. The van der Waals surface area contributed by atoms with E-state index in [1.54, 1.807) is 6.92 Å². The maximum Gasteiger partial charge on any atom is 0.260 e. The van der Waals surface area contributed by atoms with Gasteiger partial charge in [-0.2, -0.15) is 0 Å². The molecule has 1 aromatic carbocycles. The average molecular weight is 344 g/mol. The van der Waals surface area contributed by atoms with Crippen LogP contribution in [0.5, 0.6) is 0 Å². The van der Waals surface area contributed by atoms with Gasteiger partial charge < -0.3 is 0 Å². The molecule has 0 radical (unpaired) electrons. The van der Waals surface area contributed by atoms with Crippen molar-refractivity contribution in [3.63, 3.8) is 0 Å². The molecule has 1 N–H and O–H groups in total. The van der Waals surface area contributed by atoms with Crippen molar-refractivity contribution in [2.24, 2.45) is 0 Å². The molecule has 0 atom stereocenters. The van der Waals surface area contributed by atoms with Gasteiger partial charge in [-0.1, -0.05) is 11.3 Å². The number of carbonyl (C=O) groups is 1. The van der Waals surface area contributed by atoms with E-state index in [4.69, 9.17) is 0 Å². The van der Waals surface area contributed by atoms with Crippen LogP contribution in [0.3, 0.4) is 0 Å². The van der Waals surface area contributed by atoms with Crippen molar-refractivity contribution in [1.82, 2.24) is 14.5 Å². The molecule has 2 aromatic rings. The molecule has 0 bridgehead atoms. The summed E-state index contributed by atoms with van der Waals surface area (Å²) in [7, 11) is -1.06. The van der Waals surface area contributed by atoms with E-state index in [1.807, 2.05) is 0 Å². The highest BCUT2D eigenvalue weighted by Gasteiger charge is 2.21. The van der Waals surface area contributed by atoms with Crippen LogP contribution >= 0.6 is 11.3 Å². The van der Waals surface area contributed by atoms with E-state index >= 15 is 0 Å². The van der Waals surface area contributed by atoms with Crippen molar-refractivity contribution in [2.75, 3.05) is 19.4 Å². The molecule has 0 aliphatic carbocycles. The number of nitrogens with zero attached hydrogens (tertiary/aromatic N) is 3. The van der Waals surface area contributed by atoms with Gasteiger partial charge in [0.1, 0.15) is 10.8 Å². The second-order valence-corrected chi connectivity index (χ2v) is 7.84. The van der Waals surface area contributed by atoms with Gasteiger partial charge in [-0.25, -0.2) is 17.1 Å². The summed E-state index contributed by atoms with van der Waals surface area (Å²) in [6, 6.07) is 3.04. The highest BCUT2D eigenvalue weighted by Crippen LogP contribution is 2.20. The summed E-state index contributed by atoms with van der Waals surface area (Å²) >= 11 is 1.13. The van der Waals surface area contributed by atoms with Crippen LogP contribution in [0.4, 0.5) is 9.52 Å². The van der Waals surface area contributed by atoms with Crippen LogP contribution in [0.2, 0.25) is 0 Å². The molecule has 0 aliphatic rings. The molecular formula is C12H13FN4O3S2. The van der Waals surface area contributed by atoms with Gasteiger partial charge in [0.05, 0.1) is 10.5 Å². The fourth-order valence-corrected chi connectivity index (χ4v) is 3.08. The third kappa shape index (κ3) is 3.29. The molecule has 22 heavy (non-hydrogen) atoms. The molecule has 1 heterocycles. The molecular weight excluding hydrogens is 331 g/mol. The van der Waals surface area contributed by atoms with Crippen LogP contribution in [0, 0.1) is 12.7 Å². The van der Waals surface area contributed by atoms with Crippen molar-refractivity contribution in [2.45, 2.75) is 11.8 Å². The van der Waals surface area contributed by atoms with Crippen LogP contribution < -0.4 is 5.32 Å². The largest absolute Gasteiger partial charge is 0.296 e. The van der Waals surface area contributed by atoms with Crippen LogP contribution in [0.15, 0.2) is 23.1 Å². The predicted octanol–water partition coefficient (Wildman–Crippen LogP) is 1.49.